The first-order valence-electron chi connectivity index (χ1n) is 5.56. The maximum absolute atomic E-state index is 13.3. The van der Waals surface area contributed by atoms with E-state index in [1.807, 2.05) is 0 Å². The van der Waals surface area contributed by atoms with Crippen molar-refractivity contribution in [1.82, 2.24) is 0 Å². The third kappa shape index (κ3) is 2.97. The lowest BCUT2D eigenvalue weighted by molar-refractivity contribution is -0.138. The summed E-state index contributed by atoms with van der Waals surface area (Å²) in [7, 11) is -11.4. The van der Waals surface area contributed by atoms with Crippen molar-refractivity contribution in [2.45, 2.75) is 16.0 Å². The van der Waals surface area contributed by atoms with E-state index in [9.17, 15) is 35.1 Å². The summed E-state index contributed by atoms with van der Waals surface area (Å²) in [5, 5.41) is 8.31. The molecule has 2 rings (SSSR count). The second kappa shape index (κ2) is 5.06. The van der Waals surface area contributed by atoms with Crippen molar-refractivity contribution in [3.05, 3.63) is 29.8 Å². The van der Waals surface area contributed by atoms with Gasteiger partial charge in [-0.15, -0.1) is 0 Å². The molecule has 126 valence electrons. The van der Waals surface area contributed by atoms with E-state index >= 15 is 0 Å². The van der Waals surface area contributed by atoms with E-state index in [-0.39, 0.29) is 0 Å². The van der Waals surface area contributed by atoms with Crippen LogP contribution >= 0.6 is 0 Å². The Balaban J connectivity index is 3.35. The first kappa shape index (κ1) is 17.5. The molecule has 2 aromatic rings. The van der Waals surface area contributed by atoms with Gasteiger partial charge in [-0.25, -0.2) is 0 Å². The van der Waals surface area contributed by atoms with Crippen LogP contribution in [-0.2, 0) is 26.4 Å². The van der Waals surface area contributed by atoms with E-state index in [0.29, 0.717) is 0 Å². The molecule has 0 amide bonds. The summed E-state index contributed by atoms with van der Waals surface area (Å²) < 4.78 is 103. The monoisotopic (exact) mass is 372 g/mol. The van der Waals surface area contributed by atoms with Gasteiger partial charge in [-0.2, -0.15) is 30.0 Å². The highest BCUT2D eigenvalue weighted by molar-refractivity contribution is 7.89. The van der Waals surface area contributed by atoms with Gasteiger partial charge in [-0.05, 0) is 5.39 Å². The highest BCUT2D eigenvalue weighted by atomic mass is 32.2. The topological polar surface area (TPSA) is 129 Å². The number of alkyl halides is 3. The van der Waals surface area contributed by atoms with Gasteiger partial charge in [-0.3, -0.25) is 9.11 Å². The summed E-state index contributed by atoms with van der Waals surface area (Å²) in [6.07, 6.45) is -5.40. The minimum atomic E-state index is -5.76. The zero-order valence-electron chi connectivity index (χ0n) is 10.7. The number of hydrogen-bond acceptors (Lipinski definition) is 5. The van der Waals surface area contributed by atoms with Gasteiger partial charge in [0.15, 0.2) is 4.90 Å². The number of hydrogen-bond donors (Lipinski definition) is 3. The predicted octanol–water partition coefficient (Wildman–Crippen LogP) is 2.06. The van der Waals surface area contributed by atoms with Crippen LogP contribution in [0, 0.1) is 0 Å². The summed E-state index contributed by atoms with van der Waals surface area (Å²) >= 11 is 0. The molecule has 0 heterocycles. The second-order valence-electron chi connectivity index (χ2n) is 4.38. The molecule has 12 heteroatoms. The van der Waals surface area contributed by atoms with Crippen LogP contribution in [0.4, 0.5) is 13.2 Å². The van der Waals surface area contributed by atoms with Crippen LogP contribution in [0.2, 0.25) is 0 Å². The Morgan fingerprint density at radius 1 is 0.826 bits per heavy atom. The second-order valence-corrected chi connectivity index (χ2v) is 7.09. The molecule has 0 saturated heterocycles. The van der Waals surface area contributed by atoms with Gasteiger partial charge in [0.2, 0.25) is 0 Å². The van der Waals surface area contributed by atoms with Crippen molar-refractivity contribution in [2.24, 2.45) is 0 Å². The van der Waals surface area contributed by atoms with Crippen LogP contribution in [-0.4, -0.2) is 31.0 Å². The molecule has 0 atom stereocenters. The van der Waals surface area contributed by atoms with E-state index in [0.717, 1.165) is 24.3 Å². The van der Waals surface area contributed by atoms with Gasteiger partial charge in [-0.1, -0.05) is 24.3 Å². The minimum Gasteiger partial charge on any atom is -0.506 e. The lowest BCUT2D eigenvalue weighted by atomic mass is 10.0. The Kier molecular flexibility index (Phi) is 3.84. The standard InChI is InChI=1S/C11H7F3O7S2/c12-11(13,14)7-5-3-1-2-4-6(5)8(15)10(23(19,20)21)9(7)22(16,17)18/h1-4,15H,(H,16,17,18)(H,19,20,21). The van der Waals surface area contributed by atoms with Crippen LogP contribution in [0.25, 0.3) is 10.8 Å². The third-order valence-corrected chi connectivity index (χ3v) is 4.87. The molecule has 0 aromatic heterocycles. The maximum atomic E-state index is 13.3. The third-order valence-electron chi connectivity index (χ3n) is 2.90. The largest absolute Gasteiger partial charge is 0.506 e. The average molecular weight is 372 g/mol. The Labute approximate surface area is 127 Å². The highest BCUT2D eigenvalue weighted by Gasteiger charge is 2.44. The Morgan fingerprint density at radius 3 is 1.65 bits per heavy atom. The van der Waals surface area contributed by atoms with Crippen molar-refractivity contribution in [3.8, 4) is 5.75 Å². The zero-order chi connectivity index (χ0) is 17.8. The first-order chi connectivity index (χ1) is 10.3. The molecule has 7 nitrogen and oxygen atoms in total. The van der Waals surface area contributed by atoms with Gasteiger partial charge >= 0.3 is 6.18 Å². The van der Waals surface area contributed by atoms with Gasteiger partial charge in [0.1, 0.15) is 10.6 Å². The quantitative estimate of drug-likeness (QED) is 0.688. The SMILES string of the molecule is O=S(=O)(O)c1c(S(=O)(=O)O)c(C(F)(F)F)c2ccccc2c1O. The fourth-order valence-corrected chi connectivity index (χ4v) is 4.28. The van der Waals surface area contributed by atoms with Gasteiger partial charge in [0.25, 0.3) is 20.2 Å². The smallest absolute Gasteiger partial charge is 0.418 e. The lowest BCUT2D eigenvalue weighted by Gasteiger charge is -2.18. The van der Waals surface area contributed by atoms with E-state index in [1.165, 1.54) is 0 Å². The number of phenolic OH excluding ortho intramolecular Hbond substituents is 1. The predicted molar refractivity (Wildman–Crippen MR) is 70.2 cm³/mol. The van der Waals surface area contributed by atoms with Crippen molar-refractivity contribution in [1.29, 1.82) is 0 Å². The molecule has 0 saturated carbocycles. The molecule has 0 radical (unpaired) electrons. The molecule has 0 bridgehead atoms. The number of aromatic hydroxyl groups is 1. The minimum absolute atomic E-state index is 0.667. The molecule has 0 aliphatic heterocycles. The summed E-state index contributed by atoms with van der Waals surface area (Å²) in [5.41, 5.74) is -2.01. The van der Waals surface area contributed by atoms with Crippen LogP contribution in [0.15, 0.2) is 34.1 Å². The van der Waals surface area contributed by atoms with Crippen LogP contribution in [0.3, 0.4) is 0 Å². The number of rotatable bonds is 2. The molecule has 23 heavy (non-hydrogen) atoms. The summed E-state index contributed by atoms with van der Waals surface area (Å²) in [6, 6.07) is 3.91. The van der Waals surface area contributed by atoms with E-state index in [4.69, 9.17) is 9.11 Å². The fraction of sp³-hybridized carbons (Fsp3) is 0.0909. The summed E-state index contributed by atoms with van der Waals surface area (Å²) in [6.45, 7) is 0. The van der Waals surface area contributed by atoms with E-state index in [1.54, 1.807) is 0 Å². The van der Waals surface area contributed by atoms with E-state index < -0.39 is 58.3 Å². The maximum Gasteiger partial charge on any atom is 0.418 e. The molecule has 0 unspecified atom stereocenters. The Bertz CT molecular complexity index is 1010. The van der Waals surface area contributed by atoms with Gasteiger partial charge in [0.05, 0.1) is 5.56 Å². The fourth-order valence-electron chi connectivity index (χ4n) is 2.14. The van der Waals surface area contributed by atoms with E-state index in [2.05, 4.69) is 0 Å². The first-order valence-corrected chi connectivity index (χ1v) is 8.44. The van der Waals surface area contributed by atoms with Gasteiger partial charge in [0, 0.05) is 5.39 Å². The van der Waals surface area contributed by atoms with Crippen molar-refractivity contribution in [3.63, 3.8) is 0 Å². The number of fused-ring (bicyclic) bond motifs is 1. The van der Waals surface area contributed by atoms with Crippen molar-refractivity contribution in [2.75, 3.05) is 0 Å². The molecule has 0 fully saturated rings. The molecule has 2 aromatic carbocycles. The normalized spacial score (nSPS) is 13.4. The van der Waals surface area contributed by atoms with Gasteiger partial charge < -0.3 is 5.11 Å². The van der Waals surface area contributed by atoms with Crippen molar-refractivity contribution < 1.29 is 44.2 Å². The summed E-state index contributed by atoms with van der Waals surface area (Å²) in [5.74, 6) is -1.43. The average Bonchev–Trinajstić information content (AvgIpc) is 2.34. The molecule has 0 aliphatic rings. The Morgan fingerprint density at radius 2 is 1.26 bits per heavy atom. The van der Waals surface area contributed by atoms with Crippen molar-refractivity contribution >= 4 is 31.0 Å². The zero-order valence-corrected chi connectivity index (χ0v) is 12.4. The number of phenols is 1. The van der Waals surface area contributed by atoms with Crippen LogP contribution in [0.5, 0.6) is 5.75 Å². The number of halogens is 3. The molecule has 0 aliphatic carbocycles. The van der Waals surface area contributed by atoms with Crippen LogP contribution in [0.1, 0.15) is 5.56 Å². The Hall–Kier alpha value is -1.89. The number of benzene rings is 2. The molecule has 3 N–H and O–H groups in total. The molecule has 0 spiro atoms. The van der Waals surface area contributed by atoms with Crippen LogP contribution < -0.4 is 0 Å². The molecular weight excluding hydrogens is 365 g/mol. The molecular formula is C11H7F3O7S2. The summed E-state index contributed by atoms with van der Waals surface area (Å²) in [4.78, 5) is -4.07. The highest BCUT2D eigenvalue weighted by Crippen LogP contribution is 2.46. The lowest BCUT2D eigenvalue weighted by Crippen LogP contribution is -2.18.